The maximum absolute atomic E-state index is 13.0. The third-order valence-electron chi connectivity index (χ3n) is 17.8. The van der Waals surface area contributed by atoms with Crippen molar-refractivity contribution < 1.29 is 198 Å². The molecular formula is C54H91N3O40. The Morgan fingerprint density at radius 1 is 0.289 bits per heavy atom. The third kappa shape index (κ3) is 17.6. The van der Waals surface area contributed by atoms with Gasteiger partial charge in [-0.05, 0) is 6.92 Å². The van der Waals surface area contributed by atoms with Crippen LogP contribution in [0.25, 0.3) is 0 Å². The Morgan fingerprint density at radius 2 is 0.619 bits per heavy atom. The summed E-state index contributed by atoms with van der Waals surface area (Å²) in [5.41, 5.74) is 0. The van der Waals surface area contributed by atoms with Crippen LogP contribution in [0.2, 0.25) is 0 Å². The molecule has 40 atom stereocenters. The van der Waals surface area contributed by atoms with Gasteiger partial charge in [-0.1, -0.05) is 0 Å². The Labute approximate surface area is 549 Å². The fourth-order valence-electron chi connectivity index (χ4n) is 12.4. The van der Waals surface area contributed by atoms with Crippen LogP contribution in [0.5, 0.6) is 0 Å². The lowest BCUT2D eigenvalue weighted by Gasteiger charge is -2.51. The maximum Gasteiger partial charge on any atom is 0.217 e. The Hall–Kier alpha value is -3.07. The van der Waals surface area contributed by atoms with Crippen LogP contribution in [-0.2, 0) is 85.4 Å². The highest BCUT2D eigenvalue weighted by atomic mass is 16.8. The van der Waals surface area contributed by atoms with Crippen LogP contribution in [0.15, 0.2) is 0 Å². The van der Waals surface area contributed by atoms with E-state index in [1.165, 1.54) is 6.92 Å². The molecule has 0 bridgehead atoms. The van der Waals surface area contributed by atoms with Crippen LogP contribution in [0.4, 0.5) is 0 Å². The first-order chi connectivity index (χ1) is 45.8. The number of aliphatic hydroxyl groups is 22. The van der Waals surface area contributed by atoms with Crippen LogP contribution in [0.1, 0.15) is 27.7 Å². The van der Waals surface area contributed by atoms with Crippen molar-refractivity contribution in [2.45, 2.75) is 273 Å². The SMILES string of the molecule is CC(=O)N[C@H]1[C@H](O[C@H]2[C@H](O)[C@@H](NC(C)=O)C(O)O[C@@H]2CO[C@@H]2O[C@@H](C)[C@@H](O)[C@@H](O)[C@@H]2O)O[C@H](CO)[C@@H](O[C@@H]2O[C@H](CO[C@H]3O[C@H](CO)[C@@H](O)[C@H](O)[C@@H]3O)[C@@H](O)[C@H](O[C@H]3O[C@H](CO)[C@@H](O)[C@H](O)[C@@H]3O[C@@H]3O[C@H](CO)[C@@H](O[C@@H]4O[C@H](CO)[C@H](O)[C@H](O)[C@H]4O)[C@H](O)[C@H]3NC(C)=O)[C@@H]2O)[C@@H]1O. The average molecular weight is 1420 g/mol. The molecule has 0 saturated carbocycles. The summed E-state index contributed by atoms with van der Waals surface area (Å²) < 4.78 is 87.7. The smallest absolute Gasteiger partial charge is 0.217 e. The van der Waals surface area contributed by atoms with Gasteiger partial charge in [0.15, 0.2) is 50.3 Å². The Kier molecular flexibility index (Phi) is 28.3. The Balaban J connectivity index is 1.09. The number of ether oxygens (including phenoxy) is 15. The monoisotopic (exact) mass is 1420 g/mol. The molecule has 562 valence electrons. The minimum atomic E-state index is -2.47. The summed E-state index contributed by atoms with van der Waals surface area (Å²) in [5, 5.41) is 248. The van der Waals surface area contributed by atoms with Crippen LogP contribution >= 0.6 is 0 Å². The van der Waals surface area contributed by atoms with Gasteiger partial charge in [-0.15, -0.1) is 0 Å². The van der Waals surface area contributed by atoms with Gasteiger partial charge in [0.25, 0.3) is 0 Å². The van der Waals surface area contributed by atoms with Gasteiger partial charge in [0.2, 0.25) is 17.7 Å². The molecule has 0 aromatic rings. The molecule has 8 saturated heterocycles. The Morgan fingerprint density at radius 3 is 1.09 bits per heavy atom. The second-order valence-corrected chi connectivity index (χ2v) is 24.6. The van der Waals surface area contributed by atoms with E-state index in [-0.39, 0.29) is 0 Å². The molecule has 1 unspecified atom stereocenters. The molecule has 0 aromatic heterocycles. The highest BCUT2D eigenvalue weighted by Crippen LogP contribution is 2.39. The molecule has 0 aliphatic carbocycles. The van der Waals surface area contributed by atoms with E-state index >= 15 is 0 Å². The number of hydrogen-bond donors (Lipinski definition) is 25. The van der Waals surface area contributed by atoms with E-state index in [4.69, 9.17) is 71.1 Å². The van der Waals surface area contributed by atoms with Crippen molar-refractivity contribution >= 4 is 17.7 Å². The lowest BCUT2D eigenvalue weighted by atomic mass is 9.93. The summed E-state index contributed by atoms with van der Waals surface area (Å²) in [7, 11) is 0. The van der Waals surface area contributed by atoms with Gasteiger partial charge < -0.3 is 199 Å². The number of hydrogen-bond acceptors (Lipinski definition) is 40. The van der Waals surface area contributed by atoms with Gasteiger partial charge in [-0.25, -0.2) is 0 Å². The number of amides is 3. The maximum atomic E-state index is 13.0. The lowest BCUT2D eigenvalue weighted by molar-refractivity contribution is -0.397. The van der Waals surface area contributed by atoms with Gasteiger partial charge in [-0.2, -0.15) is 0 Å². The summed E-state index contributed by atoms with van der Waals surface area (Å²) in [4.78, 5) is 38.1. The van der Waals surface area contributed by atoms with Gasteiger partial charge in [-0.3, -0.25) is 14.4 Å². The minimum absolute atomic E-state index is 0.795. The zero-order valence-corrected chi connectivity index (χ0v) is 52.2. The lowest BCUT2D eigenvalue weighted by Crippen LogP contribution is -2.71. The molecule has 8 aliphatic rings. The van der Waals surface area contributed by atoms with E-state index < -0.39 is 309 Å². The van der Waals surface area contributed by atoms with Crippen LogP contribution in [0, 0.1) is 0 Å². The zero-order chi connectivity index (χ0) is 71.5. The van der Waals surface area contributed by atoms with E-state index in [0.717, 1.165) is 20.8 Å². The van der Waals surface area contributed by atoms with Crippen molar-refractivity contribution in [1.82, 2.24) is 16.0 Å². The summed E-state index contributed by atoms with van der Waals surface area (Å²) in [6, 6.07) is -5.49. The molecule has 0 radical (unpaired) electrons. The third-order valence-corrected chi connectivity index (χ3v) is 17.8. The molecule has 3 amide bonds. The van der Waals surface area contributed by atoms with E-state index in [2.05, 4.69) is 16.0 Å². The molecule has 43 nitrogen and oxygen atoms in total. The van der Waals surface area contributed by atoms with Crippen molar-refractivity contribution in [1.29, 1.82) is 0 Å². The second-order valence-electron chi connectivity index (χ2n) is 24.6. The molecular weight excluding hydrogens is 1330 g/mol. The number of aliphatic hydroxyl groups excluding tert-OH is 22. The number of nitrogens with one attached hydrogen (secondary N) is 3. The fourth-order valence-corrected chi connectivity index (χ4v) is 12.4. The average Bonchev–Trinajstić information content (AvgIpc) is 0.770. The number of rotatable bonds is 24. The molecule has 0 aromatic carbocycles. The number of carbonyl (C=O) groups excluding carboxylic acids is 3. The van der Waals surface area contributed by atoms with Crippen LogP contribution in [-0.4, -0.2) is 422 Å². The fraction of sp³-hybridized carbons (Fsp3) is 0.944. The van der Waals surface area contributed by atoms with Crippen LogP contribution < -0.4 is 16.0 Å². The first kappa shape index (κ1) is 79.6. The van der Waals surface area contributed by atoms with Crippen molar-refractivity contribution in [3.05, 3.63) is 0 Å². The number of carbonyl (C=O) groups is 3. The summed E-state index contributed by atoms with van der Waals surface area (Å²) >= 11 is 0. The molecule has 8 rings (SSSR count). The quantitative estimate of drug-likeness (QED) is 0.0427. The van der Waals surface area contributed by atoms with Gasteiger partial charge in [0, 0.05) is 20.8 Å². The topological polar surface area (TPSA) is 671 Å². The molecule has 25 N–H and O–H groups in total. The molecule has 8 fully saturated rings. The van der Waals surface area contributed by atoms with Crippen molar-refractivity contribution in [2.24, 2.45) is 0 Å². The summed E-state index contributed by atoms with van der Waals surface area (Å²) in [6.45, 7) is -2.78. The molecule has 97 heavy (non-hydrogen) atoms. The molecule has 8 aliphatic heterocycles. The van der Waals surface area contributed by atoms with Crippen molar-refractivity contribution in [3.63, 3.8) is 0 Å². The highest BCUT2D eigenvalue weighted by molar-refractivity contribution is 5.74. The van der Waals surface area contributed by atoms with Crippen molar-refractivity contribution in [2.75, 3.05) is 46.2 Å². The van der Waals surface area contributed by atoms with Crippen molar-refractivity contribution in [3.8, 4) is 0 Å². The standard InChI is InChI=1S/C54H91N3O40/c1-12-26(66)34(74)38(78)50(85-12)84-11-22-44(31(71)23(47(82)86-22)55-13(2)63)93-48-24(56-14(3)64)32(72)43(20(9-62)90-48)95-53-41(81)45(30(70)21(92-53)10-83-51-39(79)35(75)27(67)16(5-58)87-51)96-54-46(37(77)29(69)18(7-60)89-54)97-49-25(57-15(4)65)33(73)42(19(8-61)91-49)94-52-40(80)36(76)28(68)17(6-59)88-52/h12,16-54,58-62,66-82H,5-11H2,1-4H3,(H,55,63)(H,56,64)(H,57,65)/t12-,16+,17+,18+,19+,20+,21+,22+,23+,24+,25+,26+,27+,28-,29+,30+,31+,32+,33+,34+,35-,36-,37-,38-,39-,40+,41-,42+,43+,44+,45-,46-,47?,48-,49-,50+,51-,52-,53-,54+/m0/s1. The molecule has 8 heterocycles. The molecule has 0 spiro atoms. The van der Waals surface area contributed by atoms with E-state index in [1.54, 1.807) is 0 Å². The first-order valence-electron chi connectivity index (χ1n) is 31.0. The van der Waals surface area contributed by atoms with Gasteiger partial charge in [0.1, 0.15) is 189 Å². The normalized spacial score (nSPS) is 49.9. The predicted molar refractivity (Wildman–Crippen MR) is 298 cm³/mol. The zero-order valence-electron chi connectivity index (χ0n) is 52.2. The second kappa shape index (κ2) is 34.5. The minimum Gasteiger partial charge on any atom is -0.394 e. The van der Waals surface area contributed by atoms with E-state index in [0.29, 0.717) is 0 Å². The van der Waals surface area contributed by atoms with Gasteiger partial charge >= 0.3 is 0 Å². The van der Waals surface area contributed by atoms with Gasteiger partial charge in [0.05, 0.1) is 52.4 Å². The highest BCUT2D eigenvalue weighted by Gasteiger charge is 2.60. The summed E-state index contributed by atoms with van der Waals surface area (Å²) in [6.07, 6.45) is -73.0. The van der Waals surface area contributed by atoms with Crippen LogP contribution in [0.3, 0.4) is 0 Å². The Bertz CT molecular complexity index is 2490. The first-order valence-corrected chi connectivity index (χ1v) is 31.0. The largest absolute Gasteiger partial charge is 0.394 e. The van der Waals surface area contributed by atoms with E-state index in [9.17, 15) is 127 Å². The predicted octanol–water partition coefficient (Wildman–Crippen LogP) is -17.0. The molecule has 43 heteroatoms. The summed E-state index contributed by atoms with van der Waals surface area (Å²) in [5.74, 6) is -2.64. The van der Waals surface area contributed by atoms with E-state index in [1.807, 2.05) is 0 Å².